The summed E-state index contributed by atoms with van der Waals surface area (Å²) in [5.74, 6) is -1.12. The second-order valence-corrected chi connectivity index (χ2v) is 6.55. The van der Waals surface area contributed by atoms with E-state index in [9.17, 15) is 9.59 Å². The molecular formula is C19H15Cl2N3O3. The number of para-hydroxylation sites is 1. The fourth-order valence-electron chi connectivity index (χ4n) is 2.52. The van der Waals surface area contributed by atoms with Crippen LogP contribution in [0.15, 0.2) is 48.8 Å². The zero-order chi connectivity index (χ0) is 19.4. The molecule has 0 spiro atoms. The molecule has 0 fully saturated rings. The first-order valence-corrected chi connectivity index (χ1v) is 8.91. The summed E-state index contributed by atoms with van der Waals surface area (Å²) in [5.41, 5.74) is 1.65. The van der Waals surface area contributed by atoms with Gasteiger partial charge in [-0.25, -0.2) is 4.79 Å². The van der Waals surface area contributed by atoms with Crippen molar-refractivity contribution < 1.29 is 14.3 Å². The van der Waals surface area contributed by atoms with Crippen LogP contribution in [0.5, 0.6) is 0 Å². The van der Waals surface area contributed by atoms with Crippen LogP contribution in [-0.2, 0) is 9.53 Å². The van der Waals surface area contributed by atoms with E-state index < -0.39 is 18.0 Å². The van der Waals surface area contributed by atoms with E-state index in [1.54, 1.807) is 43.3 Å². The third kappa shape index (κ3) is 4.53. The van der Waals surface area contributed by atoms with Crippen molar-refractivity contribution in [1.29, 1.82) is 0 Å². The van der Waals surface area contributed by atoms with Gasteiger partial charge in [0, 0.05) is 28.1 Å². The van der Waals surface area contributed by atoms with E-state index in [0.717, 1.165) is 0 Å². The Morgan fingerprint density at radius 3 is 2.52 bits per heavy atom. The number of esters is 1. The maximum absolute atomic E-state index is 12.6. The second-order valence-electron chi connectivity index (χ2n) is 5.68. The number of aromatic nitrogens is 2. The summed E-state index contributed by atoms with van der Waals surface area (Å²) in [5, 5.41) is 3.43. The van der Waals surface area contributed by atoms with Crippen molar-refractivity contribution in [2.45, 2.75) is 19.4 Å². The van der Waals surface area contributed by atoms with Gasteiger partial charge in [-0.15, -0.1) is 0 Å². The summed E-state index contributed by atoms with van der Waals surface area (Å²) in [6.07, 6.45) is 2.34. The first kappa shape index (κ1) is 19.1. The maximum atomic E-state index is 12.6. The van der Waals surface area contributed by atoms with Gasteiger partial charge >= 0.3 is 5.97 Å². The largest absolute Gasteiger partial charge is 0.449 e. The molecule has 2 aromatic carbocycles. The number of ether oxygens (including phenoxy) is 1. The SMILES string of the molecule is CCC(OC(=O)c1cccc2nccnc12)C(=O)Nc1cc(Cl)cc(Cl)c1. The lowest BCUT2D eigenvalue weighted by molar-refractivity contribution is -0.124. The molecule has 1 unspecified atom stereocenters. The second kappa shape index (κ2) is 8.33. The van der Waals surface area contributed by atoms with Gasteiger partial charge in [-0.05, 0) is 36.8 Å². The number of benzene rings is 2. The Kier molecular flexibility index (Phi) is 5.88. The van der Waals surface area contributed by atoms with Crippen LogP contribution >= 0.6 is 23.2 Å². The van der Waals surface area contributed by atoms with Crippen molar-refractivity contribution in [1.82, 2.24) is 9.97 Å². The molecule has 1 N–H and O–H groups in total. The Hall–Kier alpha value is -2.70. The van der Waals surface area contributed by atoms with E-state index in [4.69, 9.17) is 27.9 Å². The summed E-state index contributed by atoms with van der Waals surface area (Å²) < 4.78 is 5.40. The molecule has 1 heterocycles. The van der Waals surface area contributed by atoms with Crippen molar-refractivity contribution in [2.24, 2.45) is 0 Å². The van der Waals surface area contributed by atoms with Gasteiger partial charge < -0.3 is 10.1 Å². The predicted octanol–water partition coefficient (Wildman–Crippen LogP) is 4.51. The molecule has 1 amide bonds. The van der Waals surface area contributed by atoms with Crippen LogP contribution in [0.4, 0.5) is 5.69 Å². The summed E-state index contributed by atoms with van der Waals surface area (Å²) in [7, 11) is 0. The maximum Gasteiger partial charge on any atom is 0.341 e. The number of carbonyl (C=O) groups excluding carboxylic acids is 2. The molecule has 0 aliphatic heterocycles. The van der Waals surface area contributed by atoms with Crippen molar-refractivity contribution in [3.63, 3.8) is 0 Å². The standard InChI is InChI=1S/C19H15Cl2N3O3/c1-2-16(18(25)24-13-9-11(20)8-12(21)10-13)27-19(26)14-4-3-5-15-17(14)23-7-6-22-15/h3-10,16H,2H2,1H3,(H,24,25). The van der Waals surface area contributed by atoms with Gasteiger partial charge in [-0.2, -0.15) is 0 Å². The van der Waals surface area contributed by atoms with Crippen molar-refractivity contribution >= 4 is 51.8 Å². The minimum Gasteiger partial charge on any atom is -0.449 e. The number of hydrogen-bond donors (Lipinski definition) is 1. The lowest BCUT2D eigenvalue weighted by Crippen LogP contribution is -2.32. The molecule has 1 atom stereocenters. The Bertz CT molecular complexity index is 985. The van der Waals surface area contributed by atoms with E-state index in [1.807, 2.05) is 0 Å². The quantitative estimate of drug-likeness (QED) is 0.633. The number of fused-ring (bicyclic) bond motifs is 1. The molecule has 0 saturated heterocycles. The van der Waals surface area contributed by atoms with Gasteiger partial charge in [0.15, 0.2) is 6.10 Å². The number of hydrogen-bond acceptors (Lipinski definition) is 5. The van der Waals surface area contributed by atoms with Crippen LogP contribution < -0.4 is 5.32 Å². The first-order chi connectivity index (χ1) is 13.0. The number of rotatable bonds is 5. The Morgan fingerprint density at radius 2 is 1.81 bits per heavy atom. The van der Waals surface area contributed by atoms with E-state index in [-0.39, 0.29) is 5.56 Å². The van der Waals surface area contributed by atoms with Gasteiger partial charge in [-0.3, -0.25) is 14.8 Å². The molecule has 3 aromatic rings. The van der Waals surface area contributed by atoms with Crippen molar-refractivity contribution in [3.8, 4) is 0 Å². The number of halogens is 2. The fourth-order valence-corrected chi connectivity index (χ4v) is 3.05. The van der Waals surface area contributed by atoms with Crippen LogP contribution in [0.3, 0.4) is 0 Å². The van der Waals surface area contributed by atoms with E-state index in [1.165, 1.54) is 12.4 Å². The summed E-state index contributed by atoms with van der Waals surface area (Å²) in [6, 6.07) is 9.67. The van der Waals surface area contributed by atoms with Gasteiger partial charge in [0.2, 0.25) is 0 Å². The lowest BCUT2D eigenvalue weighted by Gasteiger charge is -2.16. The van der Waals surface area contributed by atoms with Crippen LogP contribution in [-0.4, -0.2) is 27.9 Å². The molecule has 3 rings (SSSR count). The monoisotopic (exact) mass is 403 g/mol. The third-order valence-corrected chi connectivity index (χ3v) is 4.20. The highest BCUT2D eigenvalue weighted by molar-refractivity contribution is 6.35. The van der Waals surface area contributed by atoms with Gasteiger partial charge in [0.25, 0.3) is 5.91 Å². The normalized spacial score (nSPS) is 11.8. The Balaban J connectivity index is 1.77. The topological polar surface area (TPSA) is 81.2 Å². The molecule has 0 saturated carbocycles. The van der Waals surface area contributed by atoms with Crippen LogP contribution in [0.2, 0.25) is 10.0 Å². The Morgan fingerprint density at radius 1 is 1.11 bits per heavy atom. The molecular weight excluding hydrogens is 389 g/mol. The van der Waals surface area contributed by atoms with Crippen molar-refractivity contribution in [2.75, 3.05) is 5.32 Å². The zero-order valence-electron chi connectivity index (χ0n) is 14.3. The number of nitrogens with zero attached hydrogens (tertiary/aromatic N) is 2. The molecule has 0 radical (unpaired) electrons. The van der Waals surface area contributed by atoms with Crippen LogP contribution in [0.25, 0.3) is 11.0 Å². The van der Waals surface area contributed by atoms with E-state index in [2.05, 4.69) is 15.3 Å². The molecule has 6 nitrogen and oxygen atoms in total. The Labute approximate surface area is 165 Å². The molecule has 0 aliphatic carbocycles. The summed E-state index contributed by atoms with van der Waals surface area (Å²) in [4.78, 5) is 33.4. The number of amides is 1. The average Bonchev–Trinajstić information content (AvgIpc) is 2.64. The predicted molar refractivity (Wildman–Crippen MR) is 104 cm³/mol. The minimum atomic E-state index is -0.984. The smallest absolute Gasteiger partial charge is 0.341 e. The average molecular weight is 404 g/mol. The van der Waals surface area contributed by atoms with Gasteiger partial charge in [0.05, 0.1) is 11.1 Å². The van der Waals surface area contributed by atoms with E-state index in [0.29, 0.717) is 33.2 Å². The summed E-state index contributed by atoms with van der Waals surface area (Å²) >= 11 is 11.9. The number of carbonyl (C=O) groups is 2. The molecule has 138 valence electrons. The lowest BCUT2D eigenvalue weighted by atomic mass is 10.1. The van der Waals surface area contributed by atoms with Crippen molar-refractivity contribution in [3.05, 3.63) is 64.4 Å². The molecule has 0 aliphatic rings. The van der Waals surface area contributed by atoms with E-state index >= 15 is 0 Å². The van der Waals surface area contributed by atoms with Gasteiger partial charge in [-0.1, -0.05) is 36.2 Å². The highest BCUT2D eigenvalue weighted by Gasteiger charge is 2.23. The number of nitrogens with one attached hydrogen (secondary N) is 1. The fraction of sp³-hybridized carbons (Fsp3) is 0.158. The molecule has 0 bridgehead atoms. The van der Waals surface area contributed by atoms with Crippen LogP contribution in [0, 0.1) is 0 Å². The summed E-state index contributed by atoms with van der Waals surface area (Å²) in [6.45, 7) is 1.74. The minimum absolute atomic E-state index is 0.248. The first-order valence-electron chi connectivity index (χ1n) is 8.15. The zero-order valence-corrected chi connectivity index (χ0v) is 15.8. The molecule has 1 aromatic heterocycles. The highest BCUT2D eigenvalue weighted by atomic mass is 35.5. The van der Waals surface area contributed by atoms with Crippen LogP contribution in [0.1, 0.15) is 23.7 Å². The molecule has 27 heavy (non-hydrogen) atoms. The molecule has 8 heteroatoms. The number of anilines is 1. The van der Waals surface area contributed by atoms with Gasteiger partial charge in [0.1, 0.15) is 5.52 Å². The highest BCUT2D eigenvalue weighted by Crippen LogP contribution is 2.23. The third-order valence-electron chi connectivity index (χ3n) is 3.76.